The Labute approximate surface area is 93.8 Å². The Morgan fingerprint density at radius 3 is 2.47 bits per heavy atom. The molecule has 1 aliphatic heterocycles. The molecule has 1 heterocycles. The van der Waals surface area contributed by atoms with Crippen LogP contribution in [0.5, 0.6) is 0 Å². The molecular weight excluding hydrogens is 234 g/mol. The number of anilines is 1. The van der Waals surface area contributed by atoms with Gasteiger partial charge in [0.25, 0.3) is 17.7 Å². The quantitative estimate of drug-likeness (QED) is 0.750. The molecule has 0 saturated carbocycles. The van der Waals surface area contributed by atoms with Crippen molar-refractivity contribution in [2.75, 3.05) is 5.32 Å². The average Bonchev–Trinajstić information content (AvgIpc) is 2.54. The van der Waals surface area contributed by atoms with Gasteiger partial charge in [-0.25, -0.2) is 0 Å². The lowest BCUT2D eigenvalue weighted by molar-refractivity contribution is -0.126. The Bertz CT molecular complexity index is 528. The van der Waals surface area contributed by atoms with Crippen LogP contribution in [0.3, 0.4) is 0 Å². The van der Waals surface area contributed by atoms with Gasteiger partial charge >= 0.3 is 6.43 Å². The lowest BCUT2D eigenvalue weighted by Gasteiger charge is -2.04. The monoisotopic (exact) mass is 240 g/mol. The summed E-state index contributed by atoms with van der Waals surface area (Å²) < 4.78 is 24.0. The van der Waals surface area contributed by atoms with E-state index in [0.29, 0.717) is 0 Å². The standard InChI is InChI=1S/C10H6F2N2O3/c11-7(12)10(17)13-4-1-2-5-6(3-4)9(16)14-8(5)15/h1-3,7H,(H,13,17)(H,14,15,16). The number of rotatable bonds is 2. The van der Waals surface area contributed by atoms with E-state index in [-0.39, 0.29) is 16.8 Å². The number of fused-ring (bicyclic) bond motifs is 1. The highest BCUT2D eigenvalue weighted by molar-refractivity contribution is 6.22. The van der Waals surface area contributed by atoms with Crippen molar-refractivity contribution in [2.24, 2.45) is 0 Å². The van der Waals surface area contributed by atoms with Crippen molar-refractivity contribution in [1.82, 2.24) is 5.32 Å². The molecule has 3 amide bonds. The maximum Gasteiger partial charge on any atom is 0.315 e. The van der Waals surface area contributed by atoms with Crippen molar-refractivity contribution in [2.45, 2.75) is 6.43 Å². The molecule has 0 aromatic heterocycles. The van der Waals surface area contributed by atoms with Crippen LogP contribution in [0.1, 0.15) is 20.7 Å². The third kappa shape index (κ3) is 1.99. The molecule has 0 saturated heterocycles. The van der Waals surface area contributed by atoms with E-state index in [1.807, 2.05) is 10.6 Å². The SMILES string of the molecule is O=C1NC(=O)c2cc(NC(=O)C(F)F)ccc21. The summed E-state index contributed by atoms with van der Waals surface area (Å²) in [4.78, 5) is 33.2. The highest BCUT2D eigenvalue weighted by Gasteiger charge is 2.27. The number of carbonyl (C=O) groups excluding carboxylic acids is 3. The Morgan fingerprint density at radius 1 is 1.18 bits per heavy atom. The van der Waals surface area contributed by atoms with E-state index in [9.17, 15) is 23.2 Å². The van der Waals surface area contributed by atoms with Crippen LogP contribution in [0.25, 0.3) is 0 Å². The number of amides is 3. The van der Waals surface area contributed by atoms with Crippen molar-refractivity contribution >= 4 is 23.4 Å². The van der Waals surface area contributed by atoms with E-state index in [2.05, 4.69) is 0 Å². The zero-order chi connectivity index (χ0) is 12.6. The van der Waals surface area contributed by atoms with E-state index in [1.165, 1.54) is 18.2 Å². The van der Waals surface area contributed by atoms with Gasteiger partial charge in [-0.15, -0.1) is 0 Å². The van der Waals surface area contributed by atoms with Crippen molar-refractivity contribution in [3.63, 3.8) is 0 Å². The highest BCUT2D eigenvalue weighted by atomic mass is 19.3. The second kappa shape index (κ2) is 3.93. The van der Waals surface area contributed by atoms with Gasteiger partial charge in [0.1, 0.15) is 0 Å². The maximum atomic E-state index is 12.0. The third-order valence-electron chi connectivity index (χ3n) is 2.20. The molecule has 1 aromatic carbocycles. The van der Waals surface area contributed by atoms with E-state index >= 15 is 0 Å². The Morgan fingerprint density at radius 2 is 1.82 bits per heavy atom. The first-order valence-electron chi connectivity index (χ1n) is 4.58. The van der Waals surface area contributed by atoms with Gasteiger partial charge in [-0.3, -0.25) is 19.7 Å². The number of nitrogens with one attached hydrogen (secondary N) is 2. The maximum absolute atomic E-state index is 12.0. The molecule has 2 rings (SSSR count). The highest BCUT2D eigenvalue weighted by Crippen LogP contribution is 2.20. The van der Waals surface area contributed by atoms with Gasteiger partial charge in [0.05, 0.1) is 11.1 Å². The molecule has 5 nitrogen and oxygen atoms in total. The summed E-state index contributed by atoms with van der Waals surface area (Å²) >= 11 is 0. The molecule has 0 radical (unpaired) electrons. The van der Waals surface area contributed by atoms with Gasteiger partial charge in [0.2, 0.25) is 0 Å². The predicted octanol–water partition coefficient (Wildman–Crippen LogP) is 0.774. The summed E-state index contributed by atoms with van der Waals surface area (Å²) in [6.07, 6.45) is -3.14. The fourth-order valence-electron chi connectivity index (χ4n) is 1.44. The van der Waals surface area contributed by atoms with Crippen molar-refractivity contribution in [3.05, 3.63) is 29.3 Å². The Kier molecular flexibility index (Phi) is 2.58. The van der Waals surface area contributed by atoms with Crippen LogP contribution >= 0.6 is 0 Å². The fourth-order valence-corrected chi connectivity index (χ4v) is 1.44. The van der Waals surface area contributed by atoms with E-state index in [4.69, 9.17) is 0 Å². The van der Waals surface area contributed by atoms with Gasteiger partial charge < -0.3 is 5.32 Å². The van der Waals surface area contributed by atoms with Crippen LogP contribution in [0.4, 0.5) is 14.5 Å². The number of hydrogen-bond donors (Lipinski definition) is 2. The van der Waals surface area contributed by atoms with Crippen LogP contribution < -0.4 is 10.6 Å². The van der Waals surface area contributed by atoms with Crippen LogP contribution in [-0.2, 0) is 4.79 Å². The first-order chi connectivity index (χ1) is 7.99. The molecule has 1 aromatic rings. The molecule has 0 fully saturated rings. The van der Waals surface area contributed by atoms with E-state index < -0.39 is 24.1 Å². The lowest BCUT2D eigenvalue weighted by atomic mass is 10.1. The summed E-state index contributed by atoms with van der Waals surface area (Å²) in [6.45, 7) is 0. The molecule has 88 valence electrons. The summed E-state index contributed by atoms with van der Waals surface area (Å²) in [6, 6.07) is 3.74. The summed E-state index contributed by atoms with van der Waals surface area (Å²) in [7, 11) is 0. The average molecular weight is 240 g/mol. The van der Waals surface area contributed by atoms with E-state index in [1.54, 1.807) is 0 Å². The molecule has 0 aliphatic carbocycles. The molecule has 0 unspecified atom stereocenters. The lowest BCUT2D eigenvalue weighted by Crippen LogP contribution is -2.20. The van der Waals surface area contributed by atoms with Gasteiger partial charge in [0, 0.05) is 5.69 Å². The van der Waals surface area contributed by atoms with Crippen LogP contribution in [-0.4, -0.2) is 24.1 Å². The van der Waals surface area contributed by atoms with Crippen molar-refractivity contribution < 1.29 is 23.2 Å². The molecule has 17 heavy (non-hydrogen) atoms. The Hall–Kier alpha value is -2.31. The number of imide groups is 1. The molecule has 2 N–H and O–H groups in total. The number of hydrogen-bond acceptors (Lipinski definition) is 3. The minimum absolute atomic E-state index is 0.0406. The van der Waals surface area contributed by atoms with Gasteiger partial charge in [-0.05, 0) is 18.2 Å². The number of halogens is 2. The first kappa shape index (κ1) is 11.2. The zero-order valence-corrected chi connectivity index (χ0v) is 8.29. The van der Waals surface area contributed by atoms with Crippen molar-refractivity contribution in [3.8, 4) is 0 Å². The topological polar surface area (TPSA) is 75.3 Å². The summed E-state index contributed by atoms with van der Waals surface area (Å²) in [5, 5.41) is 3.97. The first-order valence-corrected chi connectivity index (χ1v) is 4.58. The minimum atomic E-state index is -3.14. The van der Waals surface area contributed by atoms with Gasteiger partial charge in [-0.1, -0.05) is 0 Å². The summed E-state index contributed by atoms with van der Waals surface area (Å²) in [5.74, 6) is -2.62. The molecule has 0 bridgehead atoms. The predicted molar refractivity (Wildman–Crippen MR) is 52.9 cm³/mol. The molecule has 7 heteroatoms. The largest absolute Gasteiger partial charge is 0.321 e. The minimum Gasteiger partial charge on any atom is -0.321 e. The molecular formula is C10H6F2N2O3. The number of carbonyl (C=O) groups is 3. The smallest absolute Gasteiger partial charge is 0.315 e. The van der Waals surface area contributed by atoms with Gasteiger partial charge in [-0.2, -0.15) is 8.78 Å². The molecule has 1 aliphatic rings. The second-order valence-corrected chi connectivity index (χ2v) is 3.33. The zero-order valence-electron chi connectivity index (χ0n) is 8.29. The second-order valence-electron chi connectivity index (χ2n) is 3.33. The fraction of sp³-hybridized carbons (Fsp3) is 0.100. The third-order valence-corrected chi connectivity index (χ3v) is 2.20. The summed E-state index contributed by atoms with van der Waals surface area (Å²) in [5.41, 5.74) is 0.256. The van der Waals surface area contributed by atoms with Crippen LogP contribution in [0, 0.1) is 0 Å². The molecule has 0 atom stereocenters. The molecule has 0 spiro atoms. The number of benzene rings is 1. The van der Waals surface area contributed by atoms with E-state index in [0.717, 1.165) is 0 Å². The van der Waals surface area contributed by atoms with Gasteiger partial charge in [0.15, 0.2) is 0 Å². The van der Waals surface area contributed by atoms with Crippen molar-refractivity contribution in [1.29, 1.82) is 0 Å². The van der Waals surface area contributed by atoms with Crippen LogP contribution in [0.15, 0.2) is 18.2 Å². The normalized spacial score (nSPS) is 13.6. The number of alkyl halides is 2. The Balaban J connectivity index is 2.29. The van der Waals surface area contributed by atoms with Crippen LogP contribution in [0.2, 0.25) is 0 Å².